The first kappa shape index (κ1) is 16.4. The summed E-state index contributed by atoms with van der Waals surface area (Å²) in [6, 6.07) is 0. The maximum atomic E-state index is 10.6. The fraction of sp³-hybridized carbons (Fsp3) is 1.00. The average molecular weight is 322 g/mol. The SMILES string of the molecule is CC1(C2CO2)CCC2C(C)(CCC3C(C)(C)C(O)CCC23C)O1. The molecule has 3 nitrogen and oxygen atoms in total. The van der Waals surface area contributed by atoms with Crippen LogP contribution in [0.25, 0.3) is 0 Å². The van der Waals surface area contributed by atoms with Crippen molar-refractivity contribution in [3.63, 3.8) is 0 Å². The molecule has 4 rings (SSSR count). The van der Waals surface area contributed by atoms with Gasteiger partial charge in [-0.15, -0.1) is 0 Å². The van der Waals surface area contributed by atoms with E-state index in [4.69, 9.17) is 9.47 Å². The van der Waals surface area contributed by atoms with Crippen LogP contribution in [0.4, 0.5) is 0 Å². The first-order valence-electron chi connectivity index (χ1n) is 9.62. The summed E-state index contributed by atoms with van der Waals surface area (Å²) in [5.41, 5.74) is 0.205. The van der Waals surface area contributed by atoms with Crippen LogP contribution in [-0.4, -0.2) is 35.1 Å². The molecule has 0 spiro atoms. The van der Waals surface area contributed by atoms with Crippen LogP contribution in [-0.2, 0) is 9.47 Å². The molecule has 0 bridgehead atoms. The van der Waals surface area contributed by atoms with Gasteiger partial charge in [0.05, 0.1) is 23.9 Å². The molecule has 2 saturated heterocycles. The Labute approximate surface area is 141 Å². The van der Waals surface area contributed by atoms with E-state index in [2.05, 4.69) is 34.6 Å². The summed E-state index contributed by atoms with van der Waals surface area (Å²) in [7, 11) is 0. The molecule has 0 aromatic rings. The molecule has 0 aromatic heterocycles. The van der Waals surface area contributed by atoms with Gasteiger partial charge >= 0.3 is 0 Å². The van der Waals surface area contributed by atoms with Crippen LogP contribution >= 0.6 is 0 Å². The van der Waals surface area contributed by atoms with E-state index >= 15 is 0 Å². The molecule has 0 amide bonds. The molecule has 2 heterocycles. The van der Waals surface area contributed by atoms with Crippen LogP contribution in [0.5, 0.6) is 0 Å². The van der Waals surface area contributed by atoms with Crippen molar-refractivity contribution in [1.29, 1.82) is 0 Å². The Kier molecular flexibility index (Phi) is 3.37. The molecule has 3 heteroatoms. The van der Waals surface area contributed by atoms with Crippen molar-refractivity contribution in [2.45, 2.75) is 96.6 Å². The van der Waals surface area contributed by atoms with E-state index < -0.39 is 0 Å². The quantitative estimate of drug-likeness (QED) is 0.744. The minimum atomic E-state index is -0.153. The highest BCUT2D eigenvalue weighted by Gasteiger charge is 2.64. The van der Waals surface area contributed by atoms with Crippen molar-refractivity contribution in [2.75, 3.05) is 6.61 Å². The van der Waals surface area contributed by atoms with E-state index in [-0.39, 0.29) is 22.7 Å². The van der Waals surface area contributed by atoms with E-state index in [9.17, 15) is 5.11 Å². The summed E-state index contributed by atoms with van der Waals surface area (Å²) >= 11 is 0. The van der Waals surface area contributed by atoms with Crippen LogP contribution in [0, 0.1) is 22.7 Å². The highest BCUT2D eigenvalue weighted by atomic mass is 16.6. The lowest BCUT2D eigenvalue weighted by Gasteiger charge is -2.66. The Hall–Kier alpha value is -0.120. The summed E-state index contributed by atoms with van der Waals surface area (Å²) in [6.07, 6.45) is 6.90. The van der Waals surface area contributed by atoms with E-state index in [0.29, 0.717) is 23.4 Å². The third kappa shape index (κ3) is 2.19. The topological polar surface area (TPSA) is 42.0 Å². The normalized spacial score (nSPS) is 58.2. The first-order valence-corrected chi connectivity index (χ1v) is 9.62. The van der Waals surface area contributed by atoms with Gasteiger partial charge in [-0.05, 0) is 75.0 Å². The van der Waals surface area contributed by atoms with Gasteiger partial charge in [-0.25, -0.2) is 0 Å². The smallest absolute Gasteiger partial charge is 0.110 e. The molecule has 2 aliphatic heterocycles. The largest absolute Gasteiger partial charge is 0.393 e. The lowest BCUT2D eigenvalue weighted by molar-refractivity contribution is -0.276. The van der Waals surface area contributed by atoms with Gasteiger partial charge in [0.25, 0.3) is 0 Å². The molecule has 0 radical (unpaired) electrons. The van der Waals surface area contributed by atoms with Crippen LogP contribution < -0.4 is 0 Å². The number of aliphatic hydroxyl groups excluding tert-OH is 1. The van der Waals surface area contributed by atoms with Crippen molar-refractivity contribution in [2.24, 2.45) is 22.7 Å². The van der Waals surface area contributed by atoms with Crippen molar-refractivity contribution < 1.29 is 14.6 Å². The zero-order chi connectivity index (χ0) is 16.7. The molecular formula is C20H34O3. The molecular weight excluding hydrogens is 288 g/mol. The number of fused-ring (bicyclic) bond motifs is 3. The average Bonchev–Trinajstić information content (AvgIpc) is 3.27. The molecule has 132 valence electrons. The van der Waals surface area contributed by atoms with Crippen molar-refractivity contribution in [1.82, 2.24) is 0 Å². The maximum Gasteiger partial charge on any atom is 0.110 e. The van der Waals surface area contributed by atoms with Gasteiger partial charge in [-0.2, -0.15) is 0 Å². The highest BCUT2D eigenvalue weighted by Crippen LogP contribution is 2.66. The second-order valence-corrected chi connectivity index (χ2v) is 10.1. The van der Waals surface area contributed by atoms with Gasteiger partial charge in [-0.3, -0.25) is 0 Å². The molecule has 1 N–H and O–H groups in total. The monoisotopic (exact) mass is 322 g/mol. The Balaban J connectivity index is 1.65. The highest BCUT2D eigenvalue weighted by molar-refractivity contribution is 5.13. The van der Waals surface area contributed by atoms with Crippen LogP contribution in [0.2, 0.25) is 0 Å². The van der Waals surface area contributed by atoms with Crippen LogP contribution in [0.1, 0.15) is 73.1 Å². The first-order chi connectivity index (χ1) is 10.6. The zero-order valence-electron chi connectivity index (χ0n) is 15.5. The summed E-state index contributed by atoms with van der Waals surface area (Å²) in [5.74, 6) is 1.20. The van der Waals surface area contributed by atoms with E-state index in [0.717, 1.165) is 32.3 Å². The van der Waals surface area contributed by atoms with Crippen molar-refractivity contribution >= 4 is 0 Å². The zero-order valence-corrected chi connectivity index (χ0v) is 15.5. The van der Waals surface area contributed by atoms with E-state index in [1.165, 1.54) is 12.8 Å². The van der Waals surface area contributed by atoms with Gasteiger partial charge in [0, 0.05) is 0 Å². The number of hydrogen-bond donors (Lipinski definition) is 1. The summed E-state index contributed by atoms with van der Waals surface area (Å²) < 4.78 is 12.4. The lowest BCUT2D eigenvalue weighted by atomic mass is 9.44. The Morgan fingerprint density at radius 2 is 1.43 bits per heavy atom. The maximum absolute atomic E-state index is 10.6. The summed E-state index contributed by atoms with van der Waals surface area (Å²) in [5, 5.41) is 10.6. The van der Waals surface area contributed by atoms with Gasteiger partial charge in [0.15, 0.2) is 0 Å². The van der Waals surface area contributed by atoms with Crippen LogP contribution in [0.3, 0.4) is 0 Å². The summed E-state index contributed by atoms with van der Waals surface area (Å²) in [4.78, 5) is 0. The third-order valence-corrected chi connectivity index (χ3v) is 8.38. The summed E-state index contributed by atoms with van der Waals surface area (Å²) in [6.45, 7) is 12.6. The fourth-order valence-corrected chi connectivity index (χ4v) is 6.90. The fourth-order valence-electron chi connectivity index (χ4n) is 6.90. The van der Waals surface area contributed by atoms with Gasteiger partial charge in [0.2, 0.25) is 0 Å². The van der Waals surface area contributed by atoms with Gasteiger partial charge in [-0.1, -0.05) is 20.8 Å². The van der Waals surface area contributed by atoms with Crippen LogP contribution in [0.15, 0.2) is 0 Å². The number of rotatable bonds is 1. The predicted octanol–water partition coefficient (Wildman–Crippen LogP) is 3.93. The molecule has 7 atom stereocenters. The molecule has 4 fully saturated rings. The Bertz CT molecular complexity index is 499. The Morgan fingerprint density at radius 1 is 0.826 bits per heavy atom. The predicted molar refractivity (Wildman–Crippen MR) is 90.2 cm³/mol. The second-order valence-electron chi connectivity index (χ2n) is 10.1. The molecule has 0 aromatic carbocycles. The molecule has 2 aliphatic carbocycles. The third-order valence-electron chi connectivity index (χ3n) is 8.38. The number of hydrogen-bond acceptors (Lipinski definition) is 3. The minimum absolute atomic E-state index is 0.0225. The number of ether oxygens (including phenoxy) is 2. The molecule has 7 unspecified atom stereocenters. The van der Waals surface area contributed by atoms with E-state index in [1.54, 1.807) is 0 Å². The number of aliphatic hydroxyl groups is 1. The lowest BCUT2D eigenvalue weighted by Crippen LogP contribution is -2.65. The minimum Gasteiger partial charge on any atom is -0.393 e. The van der Waals surface area contributed by atoms with Crippen molar-refractivity contribution in [3.05, 3.63) is 0 Å². The Morgan fingerprint density at radius 3 is 2.09 bits per heavy atom. The molecule has 23 heavy (non-hydrogen) atoms. The second kappa shape index (κ2) is 4.74. The molecule has 2 saturated carbocycles. The van der Waals surface area contributed by atoms with E-state index in [1.807, 2.05) is 0 Å². The van der Waals surface area contributed by atoms with Gasteiger partial charge in [0.1, 0.15) is 6.10 Å². The molecule has 4 aliphatic rings. The standard InChI is InChI=1S/C20H34O3/c1-17(2)13-6-10-19(4)14(18(13,3)9-8-15(17)21)7-11-20(5,23-19)16-12-22-16/h13-16,21H,6-12H2,1-5H3. The van der Waals surface area contributed by atoms with Crippen molar-refractivity contribution in [3.8, 4) is 0 Å². The van der Waals surface area contributed by atoms with Gasteiger partial charge < -0.3 is 14.6 Å². The number of epoxide rings is 1.